The van der Waals surface area contributed by atoms with E-state index in [1.807, 2.05) is 6.92 Å². The second kappa shape index (κ2) is 4.01. The quantitative estimate of drug-likeness (QED) is 0.729. The monoisotopic (exact) mass is 168 g/mol. The van der Waals surface area contributed by atoms with Crippen molar-refractivity contribution in [3.8, 4) is 5.88 Å². The van der Waals surface area contributed by atoms with Crippen LogP contribution < -0.4 is 4.74 Å². The van der Waals surface area contributed by atoms with Gasteiger partial charge in [-0.25, -0.2) is 0 Å². The highest BCUT2D eigenvalue weighted by molar-refractivity contribution is 5.12. The lowest BCUT2D eigenvalue weighted by Crippen LogP contribution is -2.01. The maximum atomic E-state index is 9.35. The summed E-state index contributed by atoms with van der Waals surface area (Å²) in [7, 11) is 1.53. The number of nitrogens with zero attached hydrogens (tertiary/aromatic N) is 2. The van der Waals surface area contributed by atoms with E-state index in [1.165, 1.54) is 7.11 Å². The van der Waals surface area contributed by atoms with Gasteiger partial charge in [-0.05, 0) is 12.5 Å². The average molecular weight is 168 g/mol. The van der Waals surface area contributed by atoms with E-state index in [9.17, 15) is 5.11 Å². The SMILES string of the molecule is CC[C@H](O)c1ccc(OC)nn1. The first-order valence-corrected chi connectivity index (χ1v) is 3.83. The Hall–Kier alpha value is -1.16. The van der Waals surface area contributed by atoms with E-state index in [0.29, 0.717) is 18.0 Å². The third-order valence-corrected chi connectivity index (χ3v) is 1.60. The molecule has 4 heteroatoms. The number of rotatable bonds is 3. The van der Waals surface area contributed by atoms with Gasteiger partial charge in [-0.2, -0.15) is 0 Å². The van der Waals surface area contributed by atoms with Gasteiger partial charge in [-0.15, -0.1) is 10.2 Å². The number of aromatic nitrogens is 2. The maximum Gasteiger partial charge on any atom is 0.233 e. The summed E-state index contributed by atoms with van der Waals surface area (Å²) in [5, 5.41) is 16.9. The van der Waals surface area contributed by atoms with E-state index < -0.39 is 6.10 Å². The van der Waals surface area contributed by atoms with Gasteiger partial charge in [-0.3, -0.25) is 0 Å². The molecule has 1 atom stereocenters. The van der Waals surface area contributed by atoms with Gasteiger partial charge in [0, 0.05) is 6.07 Å². The smallest absolute Gasteiger partial charge is 0.233 e. The first-order valence-electron chi connectivity index (χ1n) is 3.83. The van der Waals surface area contributed by atoms with Crippen molar-refractivity contribution >= 4 is 0 Å². The number of hydrogen-bond acceptors (Lipinski definition) is 4. The molecule has 1 rings (SSSR count). The summed E-state index contributed by atoms with van der Waals surface area (Å²) in [6.45, 7) is 1.89. The lowest BCUT2D eigenvalue weighted by Gasteiger charge is -2.05. The van der Waals surface area contributed by atoms with Crippen molar-refractivity contribution in [1.29, 1.82) is 0 Å². The molecule has 4 nitrogen and oxygen atoms in total. The van der Waals surface area contributed by atoms with Crippen LogP contribution in [0.3, 0.4) is 0 Å². The molecule has 0 aromatic carbocycles. The molecule has 0 radical (unpaired) electrons. The maximum absolute atomic E-state index is 9.35. The lowest BCUT2D eigenvalue weighted by molar-refractivity contribution is 0.167. The molecule has 0 amide bonds. The molecule has 66 valence electrons. The fraction of sp³-hybridized carbons (Fsp3) is 0.500. The van der Waals surface area contributed by atoms with E-state index in [4.69, 9.17) is 4.74 Å². The fourth-order valence-corrected chi connectivity index (χ4v) is 0.826. The molecular formula is C8H12N2O2. The minimum Gasteiger partial charge on any atom is -0.480 e. The molecule has 0 spiro atoms. The molecule has 0 saturated heterocycles. The summed E-state index contributed by atoms with van der Waals surface area (Å²) in [6, 6.07) is 3.39. The van der Waals surface area contributed by atoms with Gasteiger partial charge < -0.3 is 9.84 Å². The fourth-order valence-electron chi connectivity index (χ4n) is 0.826. The first kappa shape index (κ1) is 8.93. The Labute approximate surface area is 71.2 Å². The topological polar surface area (TPSA) is 55.2 Å². The number of aliphatic hydroxyl groups is 1. The zero-order valence-corrected chi connectivity index (χ0v) is 7.19. The number of hydrogen-bond donors (Lipinski definition) is 1. The van der Waals surface area contributed by atoms with Crippen molar-refractivity contribution in [2.75, 3.05) is 7.11 Å². The predicted octanol–water partition coefficient (Wildman–Crippen LogP) is 0.929. The number of methoxy groups -OCH3 is 1. The molecule has 1 aromatic rings. The number of aliphatic hydroxyl groups excluding tert-OH is 1. The third kappa shape index (κ3) is 1.92. The third-order valence-electron chi connectivity index (χ3n) is 1.60. The van der Waals surface area contributed by atoms with Crippen molar-refractivity contribution in [3.63, 3.8) is 0 Å². The Morgan fingerprint density at radius 1 is 1.50 bits per heavy atom. The zero-order valence-electron chi connectivity index (χ0n) is 7.19. The van der Waals surface area contributed by atoms with Crippen molar-refractivity contribution in [2.45, 2.75) is 19.4 Å². The van der Waals surface area contributed by atoms with E-state index >= 15 is 0 Å². The van der Waals surface area contributed by atoms with Crippen LogP contribution in [0.1, 0.15) is 25.1 Å². The highest BCUT2D eigenvalue weighted by Crippen LogP contribution is 2.13. The Balaban J connectivity index is 2.77. The van der Waals surface area contributed by atoms with Gasteiger partial charge in [0.25, 0.3) is 0 Å². The molecule has 1 N–H and O–H groups in total. The summed E-state index contributed by atoms with van der Waals surface area (Å²) in [6.07, 6.45) is 0.115. The van der Waals surface area contributed by atoms with Crippen molar-refractivity contribution in [2.24, 2.45) is 0 Å². The first-order chi connectivity index (χ1) is 5.77. The zero-order chi connectivity index (χ0) is 8.97. The Morgan fingerprint density at radius 3 is 2.67 bits per heavy atom. The molecule has 1 aromatic heterocycles. The lowest BCUT2D eigenvalue weighted by atomic mass is 10.2. The molecule has 0 aliphatic rings. The minimum absolute atomic E-state index is 0.460. The minimum atomic E-state index is -0.525. The van der Waals surface area contributed by atoms with Crippen LogP contribution in [-0.2, 0) is 0 Å². The van der Waals surface area contributed by atoms with Crippen molar-refractivity contribution in [1.82, 2.24) is 10.2 Å². The largest absolute Gasteiger partial charge is 0.480 e. The van der Waals surface area contributed by atoms with Gasteiger partial charge in [-0.1, -0.05) is 6.92 Å². The second-order valence-corrected chi connectivity index (χ2v) is 2.42. The molecule has 0 saturated carbocycles. The molecule has 0 bridgehead atoms. The van der Waals surface area contributed by atoms with Crippen LogP contribution >= 0.6 is 0 Å². The molecule has 0 fully saturated rings. The molecule has 0 aliphatic carbocycles. The molecular weight excluding hydrogens is 156 g/mol. The normalized spacial score (nSPS) is 12.6. The number of ether oxygens (including phenoxy) is 1. The van der Waals surface area contributed by atoms with Crippen LogP contribution in [0.4, 0.5) is 0 Å². The van der Waals surface area contributed by atoms with Gasteiger partial charge in [0.2, 0.25) is 5.88 Å². The standard InChI is InChI=1S/C8H12N2O2/c1-3-7(11)6-4-5-8(12-2)10-9-6/h4-5,7,11H,3H2,1-2H3/t7-/m0/s1. The van der Waals surface area contributed by atoms with Gasteiger partial charge >= 0.3 is 0 Å². The molecule has 1 heterocycles. The predicted molar refractivity (Wildman–Crippen MR) is 43.8 cm³/mol. The van der Waals surface area contributed by atoms with Gasteiger partial charge in [0.15, 0.2) is 0 Å². The van der Waals surface area contributed by atoms with Crippen LogP contribution in [0.2, 0.25) is 0 Å². The van der Waals surface area contributed by atoms with E-state index in [2.05, 4.69) is 10.2 Å². The highest BCUT2D eigenvalue weighted by atomic mass is 16.5. The van der Waals surface area contributed by atoms with E-state index in [0.717, 1.165) is 0 Å². The van der Waals surface area contributed by atoms with Crippen LogP contribution in [0.25, 0.3) is 0 Å². The molecule has 0 aliphatic heterocycles. The average Bonchev–Trinajstić information content (AvgIpc) is 2.17. The van der Waals surface area contributed by atoms with Gasteiger partial charge in [0.05, 0.1) is 18.9 Å². The second-order valence-electron chi connectivity index (χ2n) is 2.42. The summed E-state index contributed by atoms with van der Waals surface area (Å²) in [4.78, 5) is 0. The summed E-state index contributed by atoms with van der Waals surface area (Å²) in [5.41, 5.74) is 0.582. The Bertz CT molecular complexity index is 235. The van der Waals surface area contributed by atoms with Crippen LogP contribution in [0.15, 0.2) is 12.1 Å². The van der Waals surface area contributed by atoms with E-state index in [1.54, 1.807) is 12.1 Å². The van der Waals surface area contributed by atoms with Crippen molar-refractivity contribution in [3.05, 3.63) is 17.8 Å². The van der Waals surface area contributed by atoms with E-state index in [-0.39, 0.29) is 0 Å². The Morgan fingerprint density at radius 2 is 2.25 bits per heavy atom. The summed E-state index contributed by atoms with van der Waals surface area (Å²) < 4.78 is 4.83. The highest BCUT2D eigenvalue weighted by Gasteiger charge is 2.06. The summed E-state index contributed by atoms with van der Waals surface area (Å²) >= 11 is 0. The van der Waals surface area contributed by atoms with Crippen LogP contribution in [0.5, 0.6) is 5.88 Å². The van der Waals surface area contributed by atoms with Crippen molar-refractivity contribution < 1.29 is 9.84 Å². The van der Waals surface area contributed by atoms with Gasteiger partial charge in [0.1, 0.15) is 0 Å². The van der Waals surface area contributed by atoms with Crippen LogP contribution in [-0.4, -0.2) is 22.4 Å². The molecule has 0 unspecified atom stereocenters. The Kier molecular flexibility index (Phi) is 2.99. The summed E-state index contributed by atoms with van der Waals surface area (Å²) in [5.74, 6) is 0.460. The molecule has 12 heavy (non-hydrogen) atoms. The van der Waals surface area contributed by atoms with Crippen LogP contribution in [0, 0.1) is 0 Å².